The molecule has 0 aliphatic heterocycles. The van der Waals surface area contributed by atoms with E-state index in [1.807, 2.05) is 0 Å². The maximum Gasteiger partial charge on any atom is 0.434 e. The van der Waals surface area contributed by atoms with Crippen LogP contribution < -0.4 is 10.6 Å². The molecule has 0 N–H and O–H groups in total. The van der Waals surface area contributed by atoms with E-state index >= 15 is 0 Å². The number of hydrogen-bond donors (Lipinski definition) is 0. The average Bonchev–Trinajstić information content (AvgIpc) is 3.19. The second kappa shape index (κ2) is 8.54. The molecule has 0 spiro atoms. The monoisotopic (exact) mass is 524 g/mol. The highest BCUT2D eigenvalue weighted by Crippen LogP contribution is 2.51. The molecular weight excluding hydrogens is 515 g/mol. The molecule has 2 aromatic rings. The van der Waals surface area contributed by atoms with Gasteiger partial charge in [-0.05, 0) is 43.9 Å². The highest BCUT2D eigenvalue weighted by molar-refractivity contribution is 7.77. The van der Waals surface area contributed by atoms with E-state index in [-0.39, 0.29) is 23.9 Å². The highest BCUT2D eigenvalue weighted by Gasteiger charge is 2.46. The van der Waals surface area contributed by atoms with Gasteiger partial charge < -0.3 is 0 Å². The first-order chi connectivity index (χ1) is 15.4. The standard InChI is InChI=1S/C19H9F12N2P/c20-16(21,22)12-7-5-10(14(32-12)18(26,27)28)34(9-3-1-2-4-9)11-6-8-13(17(23,24)25)33-15(11)19(29,30)31/h1-3,5-8H,4H2. The van der Waals surface area contributed by atoms with E-state index in [2.05, 4.69) is 9.97 Å². The summed E-state index contributed by atoms with van der Waals surface area (Å²) in [6, 6.07) is 1.05. The summed E-state index contributed by atoms with van der Waals surface area (Å²) in [6.45, 7) is 0. The molecule has 0 unspecified atom stereocenters. The van der Waals surface area contributed by atoms with Crippen LogP contribution in [-0.4, -0.2) is 9.97 Å². The lowest BCUT2D eigenvalue weighted by Crippen LogP contribution is -2.30. The van der Waals surface area contributed by atoms with Gasteiger partial charge in [-0.25, -0.2) is 9.97 Å². The number of halogens is 12. The molecular formula is C19H9F12N2P. The smallest absolute Gasteiger partial charge is 0.238 e. The van der Waals surface area contributed by atoms with Crippen LogP contribution in [-0.2, 0) is 24.7 Å². The van der Waals surface area contributed by atoms with E-state index in [1.54, 1.807) is 0 Å². The second-order valence-electron chi connectivity index (χ2n) is 6.75. The van der Waals surface area contributed by atoms with Crippen molar-refractivity contribution >= 4 is 18.5 Å². The van der Waals surface area contributed by atoms with Crippen LogP contribution in [0.25, 0.3) is 0 Å². The molecule has 34 heavy (non-hydrogen) atoms. The molecule has 0 atom stereocenters. The van der Waals surface area contributed by atoms with Gasteiger partial charge in [0.25, 0.3) is 0 Å². The van der Waals surface area contributed by atoms with Crippen molar-refractivity contribution in [1.29, 1.82) is 0 Å². The summed E-state index contributed by atoms with van der Waals surface area (Å²) in [4.78, 5) is 5.24. The van der Waals surface area contributed by atoms with Crippen LogP contribution in [0.3, 0.4) is 0 Å². The Balaban J connectivity index is 2.35. The van der Waals surface area contributed by atoms with E-state index in [4.69, 9.17) is 0 Å². The summed E-state index contributed by atoms with van der Waals surface area (Å²) >= 11 is 0. The molecule has 2 heterocycles. The van der Waals surface area contributed by atoms with Crippen LogP contribution >= 0.6 is 7.92 Å². The predicted octanol–water partition coefficient (Wildman–Crippen LogP) is 6.83. The van der Waals surface area contributed by atoms with Gasteiger partial charge in [0.15, 0.2) is 11.4 Å². The third-order valence-electron chi connectivity index (χ3n) is 4.39. The minimum atomic E-state index is -5.51. The van der Waals surface area contributed by atoms with Crippen LogP contribution in [0, 0.1) is 0 Å². The maximum atomic E-state index is 13.7. The zero-order valence-electron chi connectivity index (χ0n) is 16.1. The summed E-state index contributed by atoms with van der Waals surface area (Å²) in [5.41, 5.74) is -8.04. The van der Waals surface area contributed by atoms with Gasteiger partial charge in [-0.2, -0.15) is 52.7 Å². The molecule has 2 aromatic heterocycles. The van der Waals surface area contributed by atoms with Gasteiger partial charge in [-0.15, -0.1) is 0 Å². The van der Waals surface area contributed by atoms with Crippen molar-refractivity contribution in [3.8, 4) is 0 Å². The lowest BCUT2D eigenvalue weighted by Gasteiger charge is -2.26. The molecule has 0 aromatic carbocycles. The predicted molar refractivity (Wildman–Crippen MR) is 96.5 cm³/mol. The van der Waals surface area contributed by atoms with Crippen molar-refractivity contribution in [2.24, 2.45) is 0 Å². The van der Waals surface area contributed by atoms with Crippen LogP contribution in [0.5, 0.6) is 0 Å². The van der Waals surface area contributed by atoms with E-state index in [9.17, 15) is 52.7 Å². The average molecular weight is 524 g/mol. The second-order valence-corrected chi connectivity index (χ2v) is 8.95. The fourth-order valence-corrected chi connectivity index (χ4v) is 5.66. The van der Waals surface area contributed by atoms with Gasteiger partial charge in [0.1, 0.15) is 11.4 Å². The molecule has 0 saturated carbocycles. The molecule has 0 bridgehead atoms. The number of rotatable bonds is 3. The van der Waals surface area contributed by atoms with Crippen molar-refractivity contribution in [2.75, 3.05) is 0 Å². The molecule has 0 saturated heterocycles. The maximum absolute atomic E-state index is 13.7. The zero-order chi connectivity index (χ0) is 25.7. The van der Waals surface area contributed by atoms with Crippen molar-refractivity contribution in [2.45, 2.75) is 31.1 Å². The minimum Gasteiger partial charge on any atom is -0.238 e. The lowest BCUT2D eigenvalue weighted by atomic mass is 10.3. The van der Waals surface area contributed by atoms with E-state index in [1.165, 1.54) is 12.2 Å². The molecule has 1 aliphatic rings. The Morgan fingerprint density at radius 1 is 0.588 bits per heavy atom. The Morgan fingerprint density at radius 3 is 1.29 bits per heavy atom. The van der Waals surface area contributed by atoms with Crippen molar-refractivity contribution in [3.63, 3.8) is 0 Å². The number of hydrogen-bond acceptors (Lipinski definition) is 2. The molecule has 15 heteroatoms. The van der Waals surface area contributed by atoms with Crippen LogP contribution in [0.15, 0.2) is 47.8 Å². The highest BCUT2D eigenvalue weighted by atomic mass is 31.1. The van der Waals surface area contributed by atoms with E-state index in [0.29, 0.717) is 12.1 Å². The summed E-state index contributed by atoms with van der Waals surface area (Å²) in [7, 11) is -2.92. The van der Waals surface area contributed by atoms with Crippen LogP contribution in [0.4, 0.5) is 52.7 Å². The van der Waals surface area contributed by atoms with Gasteiger partial charge in [0.2, 0.25) is 0 Å². The normalized spacial score (nSPS) is 15.3. The topological polar surface area (TPSA) is 25.8 Å². The largest absolute Gasteiger partial charge is 0.434 e. The van der Waals surface area contributed by atoms with Crippen LogP contribution in [0.1, 0.15) is 29.2 Å². The molecule has 184 valence electrons. The molecule has 0 fully saturated rings. The molecule has 3 rings (SSSR count). The first-order valence-electron chi connectivity index (χ1n) is 8.87. The third-order valence-corrected chi connectivity index (χ3v) is 6.98. The quantitative estimate of drug-likeness (QED) is 0.325. The first-order valence-corrected chi connectivity index (χ1v) is 10.2. The van der Waals surface area contributed by atoms with Gasteiger partial charge in [0, 0.05) is 10.6 Å². The summed E-state index contributed by atoms with van der Waals surface area (Å²) in [5.74, 6) is 0. The fourth-order valence-electron chi connectivity index (χ4n) is 3.04. The van der Waals surface area contributed by atoms with Crippen LogP contribution in [0.2, 0.25) is 0 Å². The minimum absolute atomic E-state index is 0.0749. The number of alkyl halides is 12. The van der Waals surface area contributed by atoms with Gasteiger partial charge in [-0.3, -0.25) is 0 Å². The fraction of sp³-hybridized carbons (Fsp3) is 0.263. The molecule has 2 nitrogen and oxygen atoms in total. The molecule has 0 radical (unpaired) electrons. The Hall–Kier alpha value is -2.63. The Morgan fingerprint density at radius 2 is 1.00 bits per heavy atom. The summed E-state index contributed by atoms with van der Waals surface area (Å²) in [6.07, 6.45) is -18.0. The number of allylic oxidation sites excluding steroid dienone is 4. The summed E-state index contributed by atoms with van der Waals surface area (Å²) < 4.78 is 160. The van der Waals surface area contributed by atoms with Crippen molar-refractivity contribution in [3.05, 3.63) is 70.6 Å². The number of nitrogens with zero attached hydrogens (tertiary/aromatic N) is 2. The van der Waals surface area contributed by atoms with Crippen molar-refractivity contribution in [1.82, 2.24) is 9.97 Å². The number of aromatic nitrogens is 2. The number of pyridine rings is 2. The Bertz CT molecular complexity index is 1060. The Labute approximate surface area is 183 Å². The SMILES string of the molecule is FC(F)(F)c1ccc(P(C2=CC=CC2)c2ccc(C(F)(F)F)nc2C(F)(F)F)c(C(F)(F)F)n1. The van der Waals surface area contributed by atoms with Gasteiger partial charge >= 0.3 is 24.7 Å². The first kappa shape index (κ1) is 26.0. The molecule has 0 amide bonds. The van der Waals surface area contributed by atoms with E-state index < -0.39 is 66.0 Å². The summed E-state index contributed by atoms with van der Waals surface area (Å²) in [5, 5.41) is -2.14. The van der Waals surface area contributed by atoms with Gasteiger partial charge in [0.05, 0.1) is 0 Å². The third kappa shape index (κ3) is 5.37. The van der Waals surface area contributed by atoms with E-state index in [0.717, 1.165) is 6.08 Å². The van der Waals surface area contributed by atoms with Gasteiger partial charge in [-0.1, -0.05) is 18.2 Å². The van der Waals surface area contributed by atoms with Crippen molar-refractivity contribution < 1.29 is 52.7 Å². The molecule has 1 aliphatic carbocycles. The lowest BCUT2D eigenvalue weighted by molar-refractivity contribution is -0.150. The zero-order valence-corrected chi connectivity index (χ0v) is 17.0. The Kier molecular flexibility index (Phi) is 6.53.